The summed E-state index contributed by atoms with van der Waals surface area (Å²) < 4.78 is 0. The minimum Gasteiger partial charge on any atom is -0.506 e. The maximum atomic E-state index is 12.2. The maximum absolute atomic E-state index is 12.2. The summed E-state index contributed by atoms with van der Waals surface area (Å²) in [7, 11) is 0. The molecule has 0 aromatic heterocycles. The second-order valence-electron chi connectivity index (χ2n) is 6.91. The van der Waals surface area contributed by atoms with Crippen LogP contribution in [-0.2, 0) is 22.4 Å². The SMILES string of the molecule is Cc1ccc(NC(=O)C(=O)NC(C)c2ccc3c(c2)CCCC3)c(O)c1. The molecule has 0 spiro atoms. The van der Waals surface area contributed by atoms with Crippen LogP contribution < -0.4 is 10.6 Å². The number of fused-ring (bicyclic) bond motifs is 1. The number of carbonyl (C=O) groups excluding carboxylic acids is 2. The van der Waals surface area contributed by atoms with E-state index in [2.05, 4.69) is 22.8 Å². The zero-order valence-corrected chi connectivity index (χ0v) is 15.1. The van der Waals surface area contributed by atoms with E-state index in [-0.39, 0.29) is 17.5 Å². The molecule has 0 fully saturated rings. The number of aryl methyl sites for hydroxylation is 3. The van der Waals surface area contributed by atoms with Crippen molar-refractivity contribution in [2.45, 2.75) is 45.6 Å². The van der Waals surface area contributed by atoms with Crippen molar-refractivity contribution in [3.8, 4) is 5.75 Å². The highest BCUT2D eigenvalue weighted by Gasteiger charge is 2.19. The average Bonchev–Trinajstić information content (AvgIpc) is 2.63. The Labute approximate surface area is 153 Å². The van der Waals surface area contributed by atoms with Crippen LogP contribution in [0.4, 0.5) is 5.69 Å². The van der Waals surface area contributed by atoms with Gasteiger partial charge in [-0.15, -0.1) is 0 Å². The number of rotatable bonds is 3. The van der Waals surface area contributed by atoms with E-state index >= 15 is 0 Å². The van der Waals surface area contributed by atoms with E-state index in [1.54, 1.807) is 12.1 Å². The van der Waals surface area contributed by atoms with Crippen molar-refractivity contribution in [1.82, 2.24) is 5.32 Å². The number of phenolic OH excluding ortho intramolecular Hbond substituents is 1. The molecule has 26 heavy (non-hydrogen) atoms. The largest absolute Gasteiger partial charge is 0.506 e. The number of hydrogen-bond donors (Lipinski definition) is 3. The molecule has 1 aliphatic rings. The number of anilines is 1. The second kappa shape index (κ2) is 7.60. The van der Waals surface area contributed by atoms with Crippen molar-refractivity contribution < 1.29 is 14.7 Å². The third-order valence-electron chi connectivity index (χ3n) is 4.83. The van der Waals surface area contributed by atoms with Crippen LogP contribution in [0.15, 0.2) is 36.4 Å². The molecule has 3 N–H and O–H groups in total. The number of aromatic hydroxyl groups is 1. The van der Waals surface area contributed by atoms with Crippen molar-refractivity contribution >= 4 is 17.5 Å². The first-order valence-electron chi connectivity index (χ1n) is 8.97. The second-order valence-corrected chi connectivity index (χ2v) is 6.91. The predicted octanol–water partition coefficient (Wildman–Crippen LogP) is 3.40. The van der Waals surface area contributed by atoms with Gasteiger partial charge in [0.25, 0.3) is 0 Å². The number of hydrogen-bond acceptors (Lipinski definition) is 3. The Morgan fingerprint density at radius 2 is 1.73 bits per heavy atom. The Morgan fingerprint density at radius 1 is 1.00 bits per heavy atom. The van der Waals surface area contributed by atoms with E-state index in [0.717, 1.165) is 24.0 Å². The van der Waals surface area contributed by atoms with Crippen molar-refractivity contribution in [3.63, 3.8) is 0 Å². The van der Waals surface area contributed by atoms with E-state index in [0.29, 0.717) is 0 Å². The monoisotopic (exact) mass is 352 g/mol. The van der Waals surface area contributed by atoms with Crippen LogP contribution in [0.3, 0.4) is 0 Å². The van der Waals surface area contributed by atoms with Gasteiger partial charge in [0, 0.05) is 0 Å². The molecule has 0 radical (unpaired) electrons. The zero-order valence-electron chi connectivity index (χ0n) is 15.1. The number of benzene rings is 2. The van der Waals surface area contributed by atoms with Crippen LogP contribution >= 0.6 is 0 Å². The molecule has 5 nitrogen and oxygen atoms in total. The summed E-state index contributed by atoms with van der Waals surface area (Å²) in [6.07, 6.45) is 4.60. The van der Waals surface area contributed by atoms with E-state index in [9.17, 15) is 14.7 Å². The fourth-order valence-electron chi connectivity index (χ4n) is 3.29. The normalized spacial score (nSPS) is 14.2. The highest BCUT2D eigenvalue weighted by atomic mass is 16.3. The molecule has 2 amide bonds. The molecule has 0 saturated heterocycles. The van der Waals surface area contributed by atoms with E-state index in [1.807, 2.05) is 19.9 Å². The van der Waals surface area contributed by atoms with Gasteiger partial charge in [0.15, 0.2) is 0 Å². The summed E-state index contributed by atoms with van der Waals surface area (Å²) in [4.78, 5) is 24.3. The first-order chi connectivity index (χ1) is 12.4. The number of carbonyl (C=O) groups is 2. The average molecular weight is 352 g/mol. The van der Waals surface area contributed by atoms with Crippen molar-refractivity contribution in [3.05, 3.63) is 58.7 Å². The molecule has 1 atom stereocenters. The number of nitrogens with one attached hydrogen (secondary N) is 2. The van der Waals surface area contributed by atoms with Gasteiger partial charge < -0.3 is 15.7 Å². The topological polar surface area (TPSA) is 78.4 Å². The quantitative estimate of drug-likeness (QED) is 0.585. The zero-order chi connectivity index (χ0) is 18.7. The first-order valence-corrected chi connectivity index (χ1v) is 8.97. The summed E-state index contributed by atoms with van der Waals surface area (Å²) in [5.41, 5.74) is 4.79. The van der Waals surface area contributed by atoms with Crippen molar-refractivity contribution in [1.29, 1.82) is 0 Å². The lowest BCUT2D eigenvalue weighted by Gasteiger charge is -2.20. The highest BCUT2D eigenvalue weighted by Crippen LogP contribution is 2.25. The summed E-state index contributed by atoms with van der Waals surface area (Å²) in [6, 6.07) is 10.8. The Kier molecular flexibility index (Phi) is 5.26. The molecule has 3 rings (SSSR count). The fraction of sp³-hybridized carbons (Fsp3) is 0.333. The van der Waals surface area contributed by atoms with Crippen LogP contribution in [0.5, 0.6) is 5.75 Å². The molecule has 136 valence electrons. The first kappa shape index (κ1) is 18.0. The van der Waals surface area contributed by atoms with Gasteiger partial charge in [-0.05, 0) is 73.9 Å². The third kappa shape index (κ3) is 4.04. The Balaban J connectivity index is 1.64. The summed E-state index contributed by atoms with van der Waals surface area (Å²) >= 11 is 0. The van der Waals surface area contributed by atoms with Crippen LogP contribution in [0, 0.1) is 6.92 Å². The van der Waals surface area contributed by atoms with Gasteiger partial charge in [-0.1, -0.05) is 24.3 Å². The van der Waals surface area contributed by atoms with E-state index < -0.39 is 11.8 Å². The van der Waals surface area contributed by atoms with Crippen molar-refractivity contribution in [2.24, 2.45) is 0 Å². The minimum atomic E-state index is -0.797. The molecular formula is C21H24N2O3. The summed E-state index contributed by atoms with van der Waals surface area (Å²) in [5.74, 6) is -1.59. The van der Waals surface area contributed by atoms with Gasteiger partial charge in [-0.25, -0.2) is 0 Å². The maximum Gasteiger partial charge on any atom is 0.313 e. The Bertz CT molecular complexity index is 845. The third-order valence-corrected chi connectivity index (χ3v) is 4.83. The van der Waals surface area contributed by atoms with Gasteiger partial charge in [0.2, 0.25) is 0 Å². The van der Waals surface area contributed by atoms with Crippen LogP contribution in [0.2, 0.25) is 0 Å². The van der Waals surface area contributed by atoms with Gasteiger partial charge >= 0.3 is 11.8 Å². The van der Waals surface area contributed by atoms with E-state index in [4.69, 9.17) is 0 Å². The lowest BCUT2D eigenvalue weighted by atomic mass is 9.89. The fourth-order valence-corrected chi connectivity index (χ4v) is 3.29. The molecule has 2 aromatic carbocycles. The Morgan fingerprint density at radius 3 is 2.46 bits per heavy atom. The predicted molar refractivity (Wildman–Crippen MR) is 101 cm³/mol. The van der Waals surface area contributed by atoms with Crippen LogP contribution in [-0.4, -0.2) is 16.9 Å². The summed E-state index contributed by atoms with van der Waals surface area (Å²) in [6.45, 7) is 3.69. The number of phenols is 1. The molecule has 0 aliphatic heterocycles. The molecule has 0 bridgehead atoms. The molecular weight excluding hydrogens is 328 g/mol. The minimum absolute atomic E-state index is 0.0612. The highest BCUT2D eigenvalue weighted by molar-refractivity contribution is 6.39. The smallest absolute Gasteiger partial charge is 0.313 e. The van der Waals surface area contributed by atoms with Gasteiger partial charge in [0.05, 0.1) is 11.7 Å². The molecule has 5 heteroatoms. The number of amides is 2. The lowest BCUT2D eigenvalue weighted by Crippen LogP contribution is -2.37. The van der Waals surface area contributed by atoms with Gasteiger partial charge in [-0.3, -0.25) is 9.59 Å². The molecule has 0 heterocycles. The van der Waals surface area contributed by atoms with Gasteiger partial charge in [-0.2, -0.15) is 0 Å². The van der Waals surface area contributed by atoms with Crippen LogP contribution in [0.1, 0.15) is 48.1 Å². The standard InChI is InChI=1S/C21H24N2O3/c1-13-7-10-18(19(24)11-13)23-21(26)20(25)22-14(2)16-9-8-15-5-3-4-6-17(15)12-16/h7-12,14,24H,3-6H2,1-2H3,(H,22,25)(H,23,26). The Hall–Kier alpha value is -2.82. The molecule has 1 unspecified atom stereocenters. The molecule has 0 saturated carbocycles. The van der Waals surface area contributed by atoms with Crippen molar-refractivity contribution in [2.75, 3.05) is 5.32 Å². The summed E-state index contributed by atoms with van der Waals surface area (Å²) in [5, 5.41) is 15.0. The molecule has 2 aromatic rings. The van der Waals surface area contributed by atoms with E-state index in [1.165, 1.54) is 30.0 Å². The van der Waals surface area contributed by atoms with Crippen LogP contribution in [0.25, 0.3) is 0 Å². The lowest BCUT2D eigenvalue weighted by molar-refractivity contribution is -0.136. The van der Waals surface area contributed by atoms with Gasteiger partial charge in [0.1, 0.15) is 5.75 Å². The molecule has 1 aliphatic carbocycles.